The van der Waals surface area contributed by atoms with Gasteiger partial charge in [0.2, 0.25) is 15.9 Å². The molecule has 2 fully saturated rings. The van der Waals surface area contributed by atoms with E-state index < -0.39 is 10.0 Å². The Kier molecular flexibility index (Phi) is 4.74. The molecule has 1 amide bonds. The molecule has 0 radical (unpaired) electrons. The predicted octanol–water partition coefficient (Wildman–Crippen LogP) is 1.30. The molecule has 0 bridgehead atoms. The SMILES string of the molecule is CC(=O)N1CC[C@@H]2CN(CCC(C)C)S(=O)(=O)[C@@H]2CC1. The van der Waals surface area contributed by atoms with Crippen LogP contribution in [0.1, 0.15) is 40.0 Å². The zero-order chi connectivity index (χ0) is 14.9. The molecule has 2 atom stereocenters. The third kappa shape index (κ3) is 3.17. The molecular formula is C14H26N2O3S. The first-order valence-electron chi connectivity index (χ1n) is 7.57. The van der Waals surface area contributed by atoms with Crippen molar-refractivity contribution in [3.63, 3.8) is 0 Å². The molecule has 0 spiro atoms. The number of sulfonamides is 1. The number of hydrogen-bond donors (Lipinski definition) is 0. The minimum absolute atomic E-state index is 0.0547. The summed E-state index contributed by atoms with van der Waals surface area (Å²) in [6.45, 7) is 8.36. The van der Waals surface area contributed by atoms with E-state index in [0.29, 0.717) is 38.5 Å². The second-order valence-electron chi connectivity index (χ2n) is 6.47. The molecule has 116 valence electrons. The number of nitrogens with zero attached hydrogens (tertiary/aromatic N) is 2. The van der Waals surface area contributed by atoms with Crippen LogP contribution in [0.15, 0.2) is 0 Å². The van der Waals surface area contributed by atoms with Gasteiger partial charge in [-0.15, -0.1) is 0 Å². The van der Waals surface area contributed by atoms with Gasteiger partial charge in [-0.25, -0.2) is 12.7 Å². The normalized spacial score (nSPS) is 30.3. The highest BCUT2D eigenvalue weighted by Crippen LogP contribution is 2.34. The second-order valence-corrected chi connectivity index (χ2v) is 8.62. The van der Waals surface area contributed by atoms with Crippen LogP contribution in [0.3, 0.4) is 0 Å². The highest BCUT2D eigenvalue weighted by atomic mass is 32.2. The van der Waals surface area contributed by atoms with E-state index in [1.54, 1.807) is 16.1 Å². The molecule has 2 rings (SSSR count). The van der Waals surface area contributed by atoms with E-state index in [-0.39, 0.29) is 17.1 Å². The maximum absolute atomic E-state index is 12.6. The van der Waals surface area contributed by atoms with Gasteiger partial charge in [0.25, 0.3) is 0 Å². The Balaban J connectivity index is 2.06. The van der Waals surface area contributed by atoms with Crippen molar-refractivity contribution >= 4 is 15.9 Å². The van der Waals surface area contributed by atoms with Crippen LogP contribution >= 0.6 is 0 Å². The van der Waals surface area contributed by atoms with Crippen molar-refractivity contribution < 1.29 is 13.2 Å². The van der Waals surface area contributed by atoms with E-state index in [4.69, 9.17) is 0 Å². The number of amides is 1. The number of hydrogen-bond acceptors (Lipinski definition) is 3. The second kappa shape index (κ2) is 6.02. The van der Waals surface area contributed by atoms with Gasteiger partial charge >= 0.3 is 0 Å². The number of fused-ring (bicyclic) bond motifs is 1. The highest BCUT2D eigenvalue weighted by molar-refractivity contribution is 7.90. The predicted molar refractivity (Wildman–Crippen MR) is 78.7 cm³/mol. The van der Waals surface area contributed by atoms with Gasteiger partial charge in [-0.05, 0) is 31.1 Å². The first kappa shape index (κ1) is 15.8. The quantitative estimate of drug-likeness (QED) is 0.790. The molecule has 0 unspecified atom stereocenters. The molecule has 0 saturated carbocycles. The van der Waals surface area contributed by atoms with Crippen LogP contribution in [-0.4, -0.2) is 55.0 Å². The van der Waals surface area contributed by atoms with E-state index in [9.17, 15) is 13.2 Å². The average Bonchev–Trinajstić information content (AvgIpc) is 2.52. The fourth-order valence-electron chi connectivity index (χ4n) is 3.23. The third-order valence-electron chi connectivity index (χ3n) is 4.56. The van der Waals surface area contributed by atoms with Crippen LogP contribution in [0.2, 0.25) is 0 Å². The topological polar surface area (TPSA) is 57.7 Å². The monoisotopic (exact) mass is 302 g/mol. The van der Waals surface area contributed by atoms with Gasteiger partial charge in [-0.3, -0.25) is 4.79 Å². The summed E-state index contributed by atoms with van der Waals surface area (Å²) in [5, 5.41) is -0.279. The Morgan fingerprint density at radius 3 is 2.50 bits per heavy atom. The fraction of sp³-hybridized carbons (Fsp3) is 0.929. The lowest BCUT2D eigenvalue weighted by molar-refractivity contribution is -0.128. The number of carbonyl (C=O) groups excluding carboxylic acids is 1. The average molecular weight is 302 g/mol. The summed E-state index contributed by atoms with van der Waals surface area (Å²) in [6, 6.07) is 0. The molecule has 0 aromatic rings. The summed E-state index contributed by atoms with van der Waals surface area (Å²) >= 11 is 0. The molecule has 2 aliphatic heterocycles. The van der Waals surface area contributed by atoms with Crippen LogP contribution in [0, 0.1) is 11.8 Å². The summed E-state index contributed by atoms with van der Waals surface area (Å²) in [6.07, 6.45) is 2.31. The minimum atomic E-state index is -3.16. The molecule has 0 aliphatic carbocycles. The van der Waals surface area contributed by atoms with Crippen LogP contribution in [0.5, 0.6) is 0 Å². The maximum atomic E-state index is 12.6. The zero-order valence-electron chi connectivity index (χ0n) is 12.7. The van der Waals surface area contributed by atoms with E-state index in [0.717, 1.165) is 12.8 Å². The zero-order valence-corrected chi connectivity index (χ0v) is 13.5. The minimum Gasteiger partial charge on any atom is -0.343 e. The van der Waals surface area contributed by atoms with Crippen LogP contribution in [0.4, 0.5) is 0 Å². The van der Waals surface area contributed by atoms with Crippen LogP contribution < -0.4 is 0 Å². The van der Waals surface area contributed by atoms with Crippen molar-refractivity contribution in [2.45, 2.75) is 45.3 Å². The van der Waals surface area contributed by atoms with Crippen molar-refractivity contribution in [3.05, 3.63) is 0 Å². The van der Waals surface area contributed by atoms with Crippen molar-refractivity contribution in [2.75, 3.05) is 26.2 Å². The van der Waals surface area contributed by atoms with Gasteiger partial charge in [0.15, 0.2) is 0 Å². The number of rotatable bonds is 3. The Hall–Kier alpha value is -0.620. The molecule has 2 saturated heterocycles. The summed E-state index contributed by atoms with van der Waals surface area (Å²) < 4.78 is 26.9. The first-order chi connectivity index (χ1) is 9.32. The molecule has 6 heteroatoms. The van der Waals surface area contributed by atoms with Gasteiger partial charge in [0.05, 0.1) is 5.25 Å². The largest absolute Gasteiger partial charge is 0.343 e. The first-order valence-corrected chi connectivity index (χ1v) is 9.07. The van der Waals surface area contributed by atoms with Gasteiger partial charge in [0, 0.05) is 33.1 Å². The van der Waals surface area contributed by atoms with E-state index >= 15 is 0 Å². The Labute approximate surface area is 122 Å². The third-order valence-corrected chi connectivity index (χ3v) is 7.00. The summed E-state index contributed by atoms with van der Waals surface area (Å²) in [5.74, 6) is 0.763. The molecule has 2 aliphatic rings. The van der Waals surface area contributed by atoms with Gasteiger partial charge in [-0.2, -0.15) is 0 Å². The molecular weight excluding hydrogens is 276 g/mol. The van der Waals surface area contributed by atoms with Crippen molar-refractivity contribution in [2.24, 2.45) is 11.8 Å². The smallest absolute Gasteiger partial charge is 0.219 e. The Morgan fingerprint density at radius 2 is 1.90 bits per heavy atom. The molecule has 0 N–H and O–H groups in total. The maximum Gasteiger partial charge on any atom is 0.219 e. The van der Waals surface area contributed by atoms with Gasteiger partial charge in [-0.1, -0.05) is 13.8 Å². The number of likely N-dealkylation sites (tertiary alicyclic amines) is 1. The molecule has 5 nitrogen and oxygen atoms in total. The Bertz CT molecular complexity index is 461. The number of carbonyl (C=O) groups is 1. The van der Waals surface area contributed by atoms with Crippen molar-refractivity contribution in [3.8, 4) is 0 Å². The summed E-state index contributed by atoms with van der Waals surface area (Å²) in [7, 11) is -3.16. The molecule has 0 aromatic heterocycles. The highest BCUT2D eigenvalue weighted by Gasteiger charge is 2.46. The van der Waals surface area contributed by atoms with Crippen molar-refractivity contribution in [1.82, 2.24) is 9.21 Å². The van der Waals surface area contributed by atoms with Gasteiger partial charge < -0.3 is 4.90 Å². The fourth-order valence-corrected chi connectivity index (χ4v) is 5.49. The molecule has 2 heterocycles. The lowest BCUT2D eigenvalue weighted by Gasteiger charge is -2.21. The summed E-state index contributed by atoms with van der Waals surface area (Å²) in [5.41, 5.74) is 0. The van der Waals surface area contributed by atoms with Crippen LogP contribution in [-0.2, 0) is 14.8 Å². The van der Waals surface area contributed by atoms with Gasteiger partial charge in [0.1, 0.15) is 0 Å². The summed E-state index contributed by atoms with van der Waals surface area (Å²) in [4.78, 5) is 13.2. The van der Waals surface area contributed by atoms with E-state index in [1.807, 2.05) is 0 Å². The van der Waals surface area contributed by atoms with Crippen molar-refractivity contribution in [1.29, 1.82) is 0 Å². The van der Waals surface area contributed by atoms with Crippen LogP contribution in [0.25, 0.3) is 0 Å². The molecule has 0 aromatic carbocycles. The lowest BCUT2D eigenvalue weighted by atomic mass is 10.0. The van der Waals surface area contributed by atoms with E-state index in [2.05, 4.69) is 13.8 Å². The van der Waals surface area contributed by atoms with E-state index in [1.165, 1.54) is 0 Å². The Morgan fingerprint density at radius 1 is 1.25 bits per heavy atom. The standard InChI is InChI=1S/C14H26N2O3S/c1-11(2)4-9-16-10-13-5-7-15(12(3)17)8-6-14(13)20(16,18)19/h11,13-14H,4-10H2,1-3H3/t13-,14-/m1/s1. The lowest BCUT2D eigenvalue weighted by Crippen LogP contribution is -2.34. The molecule has 20 heavy (non-hydrogen) atoms.